The fourth-order valence-electron chi connectivity index (χ4n) is 2.21. The highest BCUT2D eigenvalue weighted by Crippen LogP contribution is 2.27. The SMILES string of the molecule is Cc1ccc(C(O)C2CSCCN2C)cc1C. The van der Waals surface area contributed by atoms with Crippen LogP contribution in [0.5, 0.6) is 0 Å². The van der Waals surface area contributed by atoms with Crippen molar-refractivity contribution in [1.29, 1.82) is 0 Å². The Kier molecular flexibility index (Phi) is 4.13. The van der Waals surface area contributed by atoms with Gasteiger partial charge in [0.05, 0.1) is 6.10 Å². The van der Waals surface area contributed by atoms with Crippen LogP contribution in [0.15, 0.2) is 18.2 Å². The number of aryl methyl sites for hydroxylation is 2. The van der Waals surface area contributed by atoms with Crippen molar-refractivity contribution in [3.05, 3.63) is 34.9 Å². The van der Waals surface area contributed by atoms with E-state index >= 15 is 0 Å². The fourth-order valence-corrected chi connectivity index (χ4v) is 3.47. The number of likely N-dealkylation sites (N-methyl/N-ethyl adjacent to an activating group) is 1. The van der Waals surface area contributed by atoms with E-state index < -0.39 is 0 Å². The number of nitrogens with zero attached hydrogens (tertiary/aromatic N) is 1. The summed E-state index contributed by atoms with van der Waals surface area (Å²) in [5.74, 6) is 2.19. The molecule has 1 heterocycles. The summed E-state index contributed by atoms with van der Waals surface area (Å²) in [5, 5.41) is 10.5. The van der Waals surface area contributed by atoms with Crippen LogP contribution >= 0.6 is 11.8 Å². The lowest BCUT2D eigenvalue weighted by molar-refractivity contribution is 0.0758. The molecule has 1 aromatic rings. The minimum Gasteiger partial charge on any atom is -0.387 e. The molecule has 1 aliphatic heterocycles. The molecule has 1 aliphatic rings. The summed E-state index contributed by atoms with van der Waals surface area (Å²) in [7, 11) is 2.11. The first-order valence-corrected chi connectivity index (χ1v) is 7.28. The van der Waals surface area contributed by atoms with E-state index in [-0.39, 0.29) is 12.1 Å². The molecule has 2 unspecified atom stereocenters. The van der Waals surface area contributed by atoms with E-state index in [4.69, 9.17) is 0 Å². The van der Waals surface area contributed by atoms with Crippen molar-refractivity contribution in [3.63, 3.8) is 0 Å². The first kappa shape index (κ1) is 12.9. The second kappa shape index (κ2) is 5.42. The first-order valence-electron chi connectivity index (χ1n) is 6.13. The van der Waals surface area contributed by atoms with Gasteiger partial charge in [0.25, 0.3) is 0 Å². The van der Waals surface area contributed by atoms with Gasteiger partial charge in [-0.15, -0.1) is 0 Å². The molecule has 0 aliphatic carbocycles. The molecule has 0 bridgehead atoms. The number of benzene rings is 1. The lowest BCUT2D eigenvalue weighted by Crippen LogP contribution is -2.43. The van der Waals surface area contributed by atoms with Gasteiger partial charge in [-0.1, -0.05) is 18.2 Å². The predicted octanol–water partition coefficient (Wildman–Crippen LogP) is 2.38. The normalized spacial score (nSPS) is 23.6. The molecule has 0 saturated carbocycles. The average Bonchev–Trinajstić information content (AvgIpc) is 2.32. The van der Waals surface area contributed by atoms with Gasteiger partial charge >= 0.3 is 0 Å². The highest BCUT2D eigenvalue weighted by Gasteiger charge is 2.27. The third-order valence-corrected chi connectivity index (χ3v) is 4.73. The molecule has 2 rings (SSSR count). The molecule has 17 heavy (non-hydrogen) atoms. The molecule has 0 spiro atoms. The van der Waals surface area contributed by atoms with Crippen LogP contribution in [0, 0.1) is 13.8 Å². The number of hydrogen-bond donors (Lipinski definition) is 1. The van der Waals surface area contributed by atoms with Gasteiger partial charge in [0.15, 0.2) is 0 Å². The van der Waals surface area contributed by atoms with Gasteiger partial charge in [-0.05, 0) is 37.6 Å². The summed E-state index contributed by atoms with van der Waals surface area (Å²) in [6, 6.07) is 6.52. The number of rotatable bonds is 2. The van der Waals surface area contributed by atoms with E-state index in [0.717, 1.165) is 17.9 Å². The maximum absolute atomic E-state index is 10.5. The third-order valence-electron chi connectivity index (χ3n) is 3.68. The molecule has 3 heteroatoms. The van der Waals surface area contributed by atoms with Crippen molar-refractivity contribution >= 4 is 11.8 Å². The molecule has 94 valence electrons. The van der Waals surface area contributed by atoms with Crippen molar-refractivity contribution in [2.45, 2.75) is 26.0 Å². The van der Waals surface area contributed by atoms with Crippen LogP contribution < -0.4 is 0 Å². The Hall–Kier alpha value is -0.510. The molecule has 2 atom stereocenters. The molecule has 1 fully saturated rings. The van der Waals surface area contributed by atoms with E-state index in [1.807, 2.05) is 11.8 Å². The standard InChI is InChI=1S/C14H21NOS/c1-10-4-5-12(8-11(10)2)14(16)13-9-17-7-6-15(13)3/h4-5,8,13-14,16H,6-7,9H2,1-3H3. The summed E-state index contributed by atoms with van der Waals surface area (Å²) >= 11 is 1.94. The molecule has 1 saturated heterocycles. The number of aliphatic hydroxyl groups excluding tert-OH is 1. The molecule has 1 N–H and O–H groups in total. The maximum atomic E-state index is 10.5. The van der Waals surface area contributed by atoms with Gasteiger partial charge in [0.2, 0.25) is 0 Å². The molecule has 1 aromatic carbocycles. The molecule has 0 aromatic heterocycles. The van der Waals surface area contributed by atoms with Gasteiger partial charge < -0.3 is 5.11 Å². The van der Waals surface area contributed by atoms with Crippen LogP contribution in [0.1, 0.15) is 22.8 Å². The topological polar surface area (TPSA) is 23.5 Å². The zero-order valence-electron chi connectivity index (χ0n) is 10.8. The summed E-state index contributed by atoms with van der Waals surface area (Å²) < 4.78 is 0. The van der Waals surface area contributed by atoms with Gasteiger partial charge in [-0.25, -0.2) is 0 Å². The maximum Gasteiger partial charge on any atom is 0.0953 e. The van der Waals surface area contributed by atoms with Gasteiger partial charge in [0.1, 0.15) is 0 Å². The van der Waals surface area contributed by atoms with Crippen LogP contribution in [0.25, 0.3) is 0 Å². The van der Waals surface area contributed by atoms with E-state index in [1.165, 1.54) is 16.9 Å². The minimum absolute atomic E-state index is 0.246. The number of hydrogen-bond acceptors (Lipinski definition) is 3. The van der Waals surface area contributed by atoms with Crippen molar-refractivity contribution in [2.24, 2.45) is 0 Å². The predicted molar refractivity (Wildman–Crippen MR) is 74.6 cm³/mol. The van der Waals surface area contributed by atoms with Gasteiger partial charge in [-0.2, -0.15) is 11.8 Å². The second-order valence-corrected chi connectivity index (χ2v) is 6.06. The Morgan fingerprint density at radius 3 is 2.76 bits per heavy atom. The van der Waals surface area contributed by atoms with Crippen LogP contribution in [0.4, 0.5) is 0 Å². The highest BCUT2D eigenvalue weighted by molar-refractivity contribution is 7.99. The monoisotopic (exact) mass is 251 g/mol. The summed E-state index contributed by atoms with van der Waals surface area (Å²) in [4.78, 5) is 2.27. The summed E-state index contributed by atoms with van der Waals surface area (Å²) in [6.07, 6.45) is -0.368. The van der Waals surface area contributed by atoms with Crippen LogP contribution in [0.2, 0.25) is 0 Å². The summed E-state index contributed by atoms with van der Waals surface area (Å²) in [6.45, 7) is 5.27. The van der Waals surface area contributed by atoms with Gasteiger partial charge in [-0.3, -0.25) is 4.90 Å². The van der Waals surface area contributed by atoms with E-state index in [9.17, 15) is 5.11 Å². The first-order chi connectivity index (χ1) is 8.09. The lowest BCUT2D eigenvalue weighted by atomic mass is 9.98. The third kappa shape index (κ3) is 2.84. The van der Waals surface area contributed by atoms with Crippen molar-refractivity contribution in [2.75, 3.05) is 25.1 Å². The van der Waals surface area contributed by atoms with E-state index in [2.05, 4.69) is 44.0 Å². The average molecular weight is 251 g/mol. The van der Waals surface area contributed by atoms with Crippen molar-refractivity contribution in [1.82, 2.24) is 4.90 Å². The highest BCUT2D eigenvalue weighted by atomic mass is 32.2. The second-order valence-electron chi connectivity index (χ2n) is 4.91. The largest absolute Gasteiger partial charge is 0.387 e. The van der Waals surface area contributed by atoms with Crippen molar-refractivity contribution < 1.29 is 5.11 Å². The zero-order chi connectivity index (χ0) is 12.4. The van der Waals surface area contributed by atoms with Crippen LogP contribution in [0.3, 0.4) is 0 Å². The quantitative estimate of drug-likeness (QED) is 0.873. The van der Waals surface area contributed by atoms with E-state index in [1.54, 1.807) is 0 Å². The molecular formula is C14H21NOS. The van der Waals surface area contributed by atoms with Crippen molar-refractivity contribution in [3.8, 4) is 0 Å². The molecule has 2 nitrogen and oxygen atoms in total. The number of aliphatic hydroxyl groups is 1. The Morgan fingerprint density at radius 1 is 1.35 bits per heavy atom. The molecule has 0 amide bonds. The van der Waals surface area contributed by atoms with Crippen LogP contribution in [-0.2, 0) is 0 Å². The molecule has 0 radical (unpaired) electrons. The van der Waals surface area contributed by atoms with Gasteiger partial charge in [0, 0.05) is 24.1 Å². The Bertz CT molecular complexity index is 394. The lowest BCUT2D eigenvalue weighted by Gasteiger charge is -2.35. The number of thioether (sulfide) groups is 1. The minimum atomic E-state index is -0.368. The van der Waals surface area contributed by atoms with Crippen LogP contribution in [-0.4, -0.2) is 41.1 Å². The fraction of sp³-hybridized carbons (Fsp3) is 0.571. The Morgan fingerprint density at radius 2 is 2.12 bits per heavy atom. The summed E-state index contributed by atoms with van der Waals surface area (Å²) in [5.41, 5.74) is 3.59. The zero-order valence-corrected chi connectivity index (χ0v) is 11.6. The van der Waals surface area contributed by atoms with E-state index in [0.29, 0.717) is 0 Å². The Labute approximate surface area is 108 Å². The molecular weight excluding hydrogens is 230 g/mol. The Balaban J connectivity index is 2.17. The smallest absolute Gasteiger partial charge is 0.0953 e.